The lowest BCUT2D eigenvalue weighted by molar-refractivity contribution is 0.170. The first-order valence-corrected chi connectivity index (χ1v) is 6.53. The van der Waals surface area contributed by atoms with Crippen LogP contribution in [-0.2, 0) is 23.1 Å². The van der Waals surface area contributed by atoms with Crippen LogP contribution in [0.5, 0.6) is 0 Å². The van der Waals surface area contributed by atoms with Crippen LogP contribution in [0.25, 0.3) is 0 Å². The van der Waals surface area contributed by atoms with Crippen molar-refractivity contribution >= 4 is 5.82 Å². The van der Waals surface area contributed by atoms with Gasteiger partial charge in [0.05, 0.1) is 24.9 Å². The second-order valence-corrected chi connectivity index (χ2v) is 4.71. The quantitative estimate of drug-likeness (QED) is 0.752. The minimum Gasteiger partial charge on any atom is -0.383 e. The van der Waals surface area contributed by atoms with Gasteiger partial charge in [-0.25, -0.2) is 0 Å². The molecule has 0 spiro atoms. The molecule has 0 aliphatic carbocycles. The summed E-state index contributed by atoms with van der Waals surface area (Å²) in [4.78, 5) is 2.25. The molecule has 0 radical (unpaired) electrons. The van der Waals surface area contributed by atoms with Gasteiger partial charge in [-0.3, -0.25) is 4.68 Å². The Morgan fingerprint density at radius 1 is 1.37 bits per heavy atom. The highest BCUT2D eigenvalue weighted by Gasteiger charge is 2.22. The lowest BCUT2D eigenvalue weighted by Crippen LogP contribution is -2.40. The minimum absolute atomic E-state index is 0.236. The molecule has 6 nitrogen and oxygen atoms in total. The van der Waals surface area contributed by atoms with Gasteiger partial charge in [0.15, 0.2) is 0 Å². The van der Waals surface area contributed by atoms with Gasteiger partial charge in [0.25, 0.3) is 0 Å². The SMILES string of the molecule is COCCN(c1c(CN)c(C)nn1C)C(C)COC. The lowest BCUT2D eigenvalue weighted by Gasteiger charge is -2.31. The molecule has 2 N–H and O–H groups in total. The summed E-state index contributed by atoms with van der Waals surface area (Å²) in [6.07, 6.45) is 0. The summed E-state index contributed by atoms with van der Waals surface area (Å²) in [6, 6.07) is 0.236. The zero-order valence-corrected chi connectivity index (χ0v) is 12.6. The summed E-state index contributed by atoms with van der Waals surface area (Å²) in [7, 11) is 5.36. The molecule has 0 aromatic carbocycles. The molecule has 1 atom stereocenters. The van der Waals surface area contributed by atoms with Gasteiger partial charge in [0.1, 0.15) is 5.82 Å². The van der Waals surface area contributed by atoms with E-state index in [-0.39, 0.29) is 6.04 Å². The van der Waals surface area contributed by atoms with Gasteiger partial charge in [0, 0.05) is 39.9 Å². The largest absolute Gasteiger partial charge is 0.383 e. The molecule has 0 aliphatic rings. The highest BCUT2D eigenvalue weighted by molar-refractivity contribution is 5.51. The number of rotatable bonds is 8. The maximum Gasteiger partial charge on any atom is 0.131 e. The molecule has 0 amide bonds. The molecule has 6 heteroatoms. The van der Waals surface area contributed by atoms with Crippen LogP contribution >= 0.6 is 0 Å². The van der Waals surface area contributed by atoms with E-state index in [1.54, 1.807) is 14.2 Å². The van der Waals surface area contributed by atoms with Crippen molar-refractivity contribution in [3.63, 3.8) is 0 Å². The van der Waals surface area contributed by atoms with Crippen LogP contribution in [0.1, 0.15) is 18.2 Å². The Labute approximate surface area is 115 Å². The summed E-state index contributed by atoms with van der Waals surface area (Å²) in [5.41, 5.74) is 7.93. The van der Waals surface area contributed by atoms with Crippen molar-refractivity contribution in [2.75, 3.05) is 38.9 Å². The average molecular weight is 270 g/mol. The molecule has 1 aromatic heterocycles. The van der Waals surface area contributed by atoms with Crippen molar-refractivity contribution in [3.05, 3.63) is 11.3 Å². The molecule has 1 aromatic rings. The van der Waals surface area contributed by atoms with Crippen molar-refractivity contribution in [3.8, 4) is 0 Å². The highest BCUT2D eigenvalue weighted by atomic mass is 16.5. The van der Waals surface area contributed by atoms with E-state index < -0.39 is 0 Å². The van der Waals surface area contributed by atoms with E-state index in [0.717, 1.165) is 23.6 Å². The van der Waals surface area contributed by atoms with Crippen LogP contribution in [0.15, 0.2) is 0 Å². The highest BCUT2D eigenvalue weighted by Crippen LogP contribution is 2.24. The smallest absolute Gasteiger partial charge is 0.131 e. The molecular formula is C13H26N4O2. The summed E-state index contributed by atoms with van der Waals surface area (Å²) in [5.74, 6) is 1.06. The van der Waals surface area contributed by atoms with E-state index in [9.17, 15) is 0 Å². The summed E-state index contributed by atoms with van der Waals surface area (Å²) >= 11 is 0. The van der Waals surface area contributed by atoms with Crippen LogP contribution < -0.4 is 10.6 Å². The molecule has 1 rings (SSSR count). The van der Waals surface area contributed by atoms with Gasteiger partial charge < -0.3 is 20.1 Å². The standard InChI is InChI=1S/C13H26N4O2/c1-10(9-19-5)17(6-7-18-4)13-12(8-14)11(2)15-16(13)3/h10H,6-9,14H2,1-5H3. The first-order chi connectivity index (χ1) is 9.06. The minimum atomic E-state index is 0.236. The Balaban J connectivity index is 3.08. The fourth-order valence-electron chi connectivity index (χ4n) is 2.34. The molecule has 0 saturated carbocycles. The normalized spacial score (nSPS) is 12.7. The topological polar surface area (TPSA) is 65.5 Å². The number of methoxy groups -OCH3 is 2. The number of aryl methyl sites for hydroxylation is 2. The van der Waals surface area contributed by atoms with Gasteiger partial charge in [-0.05, 0) is 13.8 Å². The molecule has 0 bridgehead atoms. The number of hydrogen-bond acceptors (Lipinski definition) is 5. The Morgan fingerprint density at radius 2 is 2.05 bits per heavy atom. The second-order valence-electron chi connectivity index (χ2n) is 4.71. The monoisotopic (exact) mass is 270 g/mol. The van der Waals surface area contributed by atoms with Crippen molar-refractivity contribution < 1.29 is 9.47 Å². The first-order valence-electron chi connectivity index (χ1n) is 6.53. The van der Waals surface area contributed by atoms with Crippen molar-refractivity contribution in [2.24, 2.45) is 12.8 Å². The number of nitrogens with zero attached hydrogens (tertiary/aromatic N) is 3. The van der Waals surface area contributed by atoms with E-state index in [2.05, 4.69) is 16.9 Å². The summed E-state index contributed by atoms with van der Waals surface area (Å²) in [6.45, 7) is 6.69. The van der Waals surface area contributed by atoms with E-state index in [0.29, 0.717) is 19.8 Å². The van der Waals surface area contributed by atoms with Gasteiger partial charge in [-0.2, -0.15) is 5.10 Å². The Bertz CT molecular complexity index is 392. The van der Waals surface area contributed by atoms with E-state index in [1.807, 2.05) is 18.7 Å². The van der Waals surface area contributed by atoms with E-state index in [4.69, 9.17) is 15.2 Å². The molecular weight excluding hydrogens is 244 g/mol. The Kier molecular flexibility index (Phi) is 6.27. The van der Waals surface area contributed by atoms with Gasteiger partial charge in [-0.1, -0.05) is 0 Å². The van der Waals surface area contributed by atoms with Crippen LogP contribution in [0.3, 0.4) is 0 Å². The number of hydrogen-bond donors (Lipinski definition) is 1. The fourth-order valence-corrected chi connectivity index (χ4v) is 2.34. The molecule has 1 unspecified atom stereocenters. The number of anilines is 1. The molecule has 1 heterocycles. The molecule has 0 aliphatic heterocycles. The summed E-state index contributed by atoms with van der Waals surface area (Å²) in [5, 5.41) is 4.47. The zero-order chi connectivity index (χ0) is 14.4. The molecule has 19 heavy (non-hydrogen) atoms. The van der Waals surface area contributed by atoms with Gasteiger partial charge in [0.2, 0.25) is 0 Å². The average Bonchev–Trinajstić information content (AvgIpc) is 2.65. The first kappa shape index (κ1) is 15.9. The Hall–Kier alpha value is -1.11. The maximum atomic E-state index is 5.86. The second kappa shape index (κ2) is 7.47. The third-order valence-corrected chi connectivity index (χ3v) is 3.27. The third-order valence-electron chi connectivity index (χ3n) is 3.27. The molecule has 0 fully saturated rings. The van der Waals surface area contributed by atoms with Crippen LogP contribution in [0, 0.1) is 6.92 Å². The van der Waals surface area contributed by atoms with Crippen molar-refractivity contribution in [1.82, 2.24) is 9.78 Å². The van der Waals surface area contributed by atoms with Crippen LogP contribution in [-0.4, -0.2) is 49.8 Å². The molecule has 110 valence electrons. The van der Waals surface area contributed by atoms with E-state index in [1.165, 1.54) is 0 Å². The Morgan fingerprint density at radius 3 is 2.58 bits per heavy atom. The number of aromatic nitrogens is 2. The van der Waals surface area contributed by atoms with Crippen LogP contribution in [0.2, 0.25) is 0 Å². The number of nitrogens with two attached hydrogens (primary N) is 1. The van der Waals surface area contributed by atoms with Gasteiger partial charge >= 0.3 is 0 Å². The predicted octanol–water partition coefficient (Wildman–Crippen LogP) is 0.675. The molecule has 0 saturated heterocycles. The van der Waals surface area contributed by atoms with E-state index >= 15 is 0 Å². The third kappa shape index (κ3) is 3.68. The predicted molar refractivity (Wildman–Crippen MR) is 76.4 cm³/mol. The summed E-state index contributed by atoms with van der Waals surface area (Å²) < 4.78 is 12.3. The maximum absolute atomic E-state index is 5.86. The lowest BCUT2D eigenvalue weighted by atomic mass is 10.2. The fraction of sp³-hybridized carbons (Fsp3) is 0.769. The van der Waals surface area contributed by atoms with Crippen molar-refractivity contribution in [1.29, 1.82) is 0 Å². The zero-order valence-electron chi connectivity index (χ0n) is 12.6. The van der Waals surface area contributed by atoms with Gasteiger partial charge in [-0.15, -0.1) is 0 Å². The van der Waals surface area contributed by atoms with Crippen LogP contribution in [0.4, 0.5) is 5.82 Å². The number of ether oxygens (including phenoxy) is 2. The van der Waals surface area contributed by atoms with Crippen molar-refractivity contribution in [2.45, 2.75) is 26.4 Å².